The lowest BCUT2D eigenvalue weighted by molar-refractivity contribution is 0.462. The summed E-state index contributed by atoms with van der Waals surface area (Å²) < 4.78 is 1.29. The Bertz CT molecular complexity index is 565. The number of benzene rings is 1. The zero-order valence-corrected chi connectivity index (χ0v) is 11.9. The number of fused-ring (bicyclic) bond motifs is 1. The molecule has 18 heavy (non-hydrogen) atoms. The summed E-state index contributed by atoms with van der Waals surface area (Å²) in [6, 6.07) is 6.58. The molecule has 96 valence electrons. The lowest BCUT2D eigenvalue weighted by Crippen LogP contribution is -2.32. The first-order valence-corrected chi connectivity index (χ1v) is 7.60. The monoisotopic (exact) mass is 260 g/mol. The highest BCUT2D eigenvalue weighted by molar-refractivity contribution is 7.18. The van der Waals surface area contributed by atoms with Gasteiger partial charge < -0.3 is 5.73 Å². The second-order valence-corrected chi connectivity index (χ2v) is 6.81. The molecule has 0 atom stereocenters. The minimum Gasteiger partial charge on any atom is -0.321 e. The molecule has 0 unspecified atom stereocenters. The van der Waals surface area contributed by atoms with E-state index in [2.05, 4.69) is 37.0 Å². The smallest absolute Gasteiger partial charge is 0.0963 e. The molecular formula is C15H20N2S. The number of hydrogen-bond acceptors (Lipinski definition) is 3. The molecule has 2 nitrogen and oxygen atoms in total. The highest BCUT2D eigenvalue weighted by Crippen LogP contribution is 2.38. The van der Waals surface area contributed by atoms with Crippen molar-refractivity contribution < 1.29 is 0 Å². The lowest BCUT2D eigenvalue weighted by Gasteiger charge is -2.23. The number of rotatable bonds is 2. The topological polar surface area (TPSA) is 38.9 Å². The van der Waals surface area contributed by atoms with E-state index < -0.39 is 0 Å². The van der Waals surface area contributed by atoms with Gasteiger partial charge >= 0.3 is 0 Å². The molecule has 0 aliphatic heterocycles. The standard InChI is InChI=1S/C15H20N2S/c1-10(2)14-17-12-6-5-11(9-13(12)18-14)15(16)7-3-4-8-15/h5-6,9-10H,3-4,7-8,16H2,1-2H3. The fraction of sp³-hybridized carbons (Fsp3) is 0.533. The molecule has 0 saturated heterocycles. The Labute approximate surface area is 112 Å². The molecule has 0 spiro atoms. The maximum atomic E-state index is 6.52. The molecule has 2 aromatic rings. The number of thiazole rings is 1. The van der Waals surface area contributed by atoms with E-state index in [0.29, 0.717) is 5.92 Å². The van der Waals surface area contributed by atoms with Crippen molar-refractivity contribution in [3.8, 4) is 0 Å². The van der Waals surface area contributed by atoms with Crippen LogP contribution in [-0.2, 0) is 5.54 Å². The third-order valence-corrected chi connectivity index (χ3v) is 5.29. The molecule has 1 aliphatic carbocycles. The van der Waals surface area contributed by atoms with Crippen molar-refractivity contribution in [1.29, 1.82) is 0 Å². The van der Waals surface area contributed by atoms with Crippen LogP contribution in [0.5, 0.6) is 0 Å². The highest BCUT2D eigenvalue weighted by atomic mass is 32.1. The normalized spacial score (nSPS) is 18.9. The van der Waals surface area contributed by atoms with Gasteiger partial charge in [-0.3, -0.25) is 0 Å². The van der Waals surface area contributed by atoms with Crippen LogP contribution in [0, 0.1) is 0 Å². The van der Waals surface area contributed by atoms with Gasteiger partial charge in [0, 0.05) is 11.5 Å². The van der Waals surface area contributed by atoms with Crippen LogP contribution in [0.3, 0.4) is 0 Å². The number of hydrogen-bond donors (Lipinski definition) is 1. The van der Waals surface area contributed by atoms with Gasteiger partial charge in [0.05, 0.1) is 15.2 Å². The molecule has 1 aromatic carbocycles. The van der Waals surface area contributed by atoms with E-state index in [1.807, 2.05) is 11.3 Å². The Kier molecular flexibility index (Phi) is 2.91. The Hall–Kier alpha value is -0.930. The third-order valence-electron chi connectivity index (χ3n) is 3.97. The number of aromatic nitrogens is 1. The van der Waals surface area contributed by atoms with Crippen molar-refractivity contribution in [2.24, 2.45) is 5.73 Å². The maximum absolute atomic E-state index is 6.52. The van der Waals surface area contributed by atoms with Gasteiger partial charge in [-0.25, -0.2) is 4.98 Å². The molecule has 1 aliphatic rings. The van der Waals surface area contributed by atoms with Crippen LogP contribution in [0.15, 0.2) is 18.2 Å². The Morgan fingerprint density at radius 3 is 2.67 bits per heavy atom. The van der Waals surface area contributed by atoms with E-state index in [9.17, 15) is 0 Å². The van der Waals surface area contributed by atoms with Gasteiger partial charge in [0.25, 0.3) is 0 Å². The summed E-state index contributed by atoms with van der Waals surface area (Å²) in [7, 11) is 0. The average Bonchev–Trinajstić information content (AvgIpc) is 2.94. The fourth-order valence-electron chi connectivity index (χ4n) is 2.79. The Morgan fingerprint density at radius 2 is 2.00 bits per heavy atom. The first-order chi connectivity index (χ1) is 8.58. The molecule has 0 bridgehead atoms. The first-order valence-electron chi connectivity index (χ1n) is 6.78. The predicted octanol–water partition coefficient (Wildman–Crippen LogP) is 4.15. The lowest BCUT2D eigenvalue weighted by atomic mass is 9.89. The molecular weight excluding hydrogens is 240 g/mol. The van der Waals surface area contributed by atoms with Gasteiger partial charge in [0.1, 0.15) is 0 Å². The van der Waals surface area contributed by atoms with Crippen molar-refractivity contribution in [1.82, 2.24) is 4.98 Å². The van der Waals surface area contributed by atoms with Gasteiger partial charge in [-0.05, 0) is 30.5 Å². The Balaban J connectivity index is 2.05. The Morgan fingerprint density at radius 1 is 1.28 bits per heavy atom. The molecule has 1 saturated carbocycles. The van der Waals surface area contributed by atoms with Gasteiger partial charge in [-0.15, -0.1) is 11.3 Å². The van der Waals surface area contributed by atoms with Crippen molar-refractivity contribution in [2.75, 3.05) is 0 Å². The summed E-state index contributed by atoms with van der Waals surface area (Å²) in [4.78, 5) is 4.68. The van der Waals surface area contributed by atoms with E-state index in [1.54, 1.807) is 0 Å². The summed E-state index contributed by atoms with van der Waals surface area (Å²) in [5, 5.41) is 1.22. The van der Waals surface area contributed by atoms with Crippen molar-refractivity contribution in [2.45, 2.75) is 51.0 Å². The molecule has 0 amide bonds. The van der Waals surface area contributed by atoms with E-state index in [4.69, 9.17) is 5.73 Å². The second-order valence-electron chi connectivity index (χ2n) is 5.75. The van der Waals surface area contributed by atoms with Crippen LogP contribution < -0.4 is 5.73 Å². The predicted molar refractivity (Wildman–Crippen MR) is 78.0 cm³/mol. The molecule has 2 N–H and O–H groups in total. The average molecular weight is 260 g/mol. The zero-order chi connectivity index (χ0) is 12.8. The number of nitrogens with two attached hydrogens (primary N) is 1. The summed E-state index contributed by atoms with van der Waals surface area (Å²) in [6.45, 7) is 4.39. The molecule has 1 fully saturated rings. The van der Waals surface area contributed by atoms with Gasteiger partial charge in [0.15, 0.2) is 0 Å². The molecule has 3 heteroatoms. The van der Waals surface area contributed by atoms with Crippen LogP contribution in [0.2, 0.25) is 0 Å². The maximum Gasteiger partial charge on any atom is 0.0963 e. The largest absolute Gasteiger partial charge is 0.321 e. The summed E-state index contributed by atoms with van der Waals surface area (Å²) >= 11 is 1.81. The quantitative estimate of drug-likeness (QED) is 0.881. The van der Waals surface area contributed by atoms with Crippen LogP contribution in [-0.4, -0.2) is 4.98 Å². The summed E-state index contributed by atoms with van der Waals surface area (Å²) in [5.74, 6) is 0.504. The van der Waals surface area contributed by atoms with Crippen molar-refractivity contribution in [3.05, 3.63) is 28.8 Å². The molecule has 1 aromatic heterocycles. The summed E-state index contributed by atoms with van der Waals surface area (Å²) in [5.41, 5.74) is 8.85. The highest BCUT2D eigenvalue weighted by Gasteiger charge is 2.31. The summed E-state index contributed by atoms with van der Waals surface area (Å²) in [6.07, 6.45) is 4.76. The van der Waals surface area contributed by atoms with E-state index in [0.717, 1.165) is 18.4 Å². The zero-order valence-electron chi connectivity index (χ0n) is 11.1. The minimum atomic E-state index is -0.0871. The SMILES string of the molecule is CC(C)c1nc2ccc(C3(N)CCCC3)cc2s1. The molecule has 1 heterocycles. The van der Waals surface area contributed by atoms with Gasteiger partial charge in [-0.1, -0.05) is 32.8 Å². The van der Waals surface area contributed by atoms with Crippen molar-refractivity contribution >= 4 is 21.6 Å². The second kappa shape index (κ2) is 4.32. The van der Waals surface area contributed by atoms with Crippen LogP contribution in [0.4, 0.5) is 0 Å². The van der Waals surface area contributed by atoms with E-state index in [1.165, 1.54) is 28.1 Å². The van der Waals surface area contributed by atoms with E-state index >= 15 is 0 Å². The first kappa shape index (κ1) is 12.1. The molecule has 3 rings (SSSR count). The van der Waals surface area contributed by atoms with E-state index in [-0.39, 0.29) is 5.54 Å². The third kappa shape index (κ3) is 1.95. The van der Waals surface area contributed by atoms with Gasteiger partial charge in [0.2, 0.25) is 0 Å². The van der Waals surface area contributed by atoms with Crippen LogP contribution in [0.25, 0.3) is 10.2 Å². The van der Waals surface area contributed by atoms with Gasteiger partial charge in [-0.2, -0.15) is 0 Å². The van der Waals surface area contributed by atoms with Crippen molar-refractivity contribution in [3.63, 3.8) is 0 Å². The fourth-order valence-corrected chi connectivity index (χ4v) is 3.80. The van der Waals surface area contributed by atoms with Crippen LogP contribution in [0.1, 0.15) is 56.0 Å². The van der Waals surface area contributed by atoms with Crippen LogP contribution >= 0.6 is 11.3 Å². The number of nitrogens with zero attached hydrogens (tertiary/aromatic N) is 1. The molecule has 0 radical (unpaired) electrons. The minimum absolute atomic E-state index is 0.0871.